The Morgan fingerprint density at radius 2 is 1.80 bits per heavy atom. The molecule has 0 radical (unpaired) electrons. The molecule has 10 nitrogen and oxygen atoms in total. The Morgan fingerprint density at radius 1 is 1.07 bits per heavy atom. The van der Waals surface area contributed by atoms with E-state index in [9.17, 15) is 13.2 Å². The van der Waals surface area contributed by atoms with Crippen LogP contribution in [0.3, 0.4) is 0 Å². The van der Waals surface area contributed by atoms with Gasteiger partial charge in [-0.15, -0.1) is 12.4 Å². The van der Waals surface area contributed by atoms with Crippen LogP contribution in [0, 0.1) is 5.41 Å². The van der Waals surface area contributed by atoms with Crippen LogP contribution in [-0.4, -0.2) is 48.4 Å². The highest BCUT2D eigenvalue weighted by Crippen LogP contribution is 2.30. The normalized spacial score (nSPS) is 11.2. The standard InChI is InChI=1S/C28H26N6O4S.ClH/c1-33-23-13-12-21(16-22(23)32-25(33)15-18-8-10-20(11-9-18)28(29)30)34(17-26(35)38-2)39(36,37)24-7-3-5-19-6-4-14-31-27(19)24;/h3-14,16H,15,17H2,1-2H3,(H3,29,30);1H. The predicted molar refractivity (Wildman–Crippen MR) is 157 cm³/mol. The molecule has 12 heteroatoms. The number of nitrogens with zero attached hydrogens (tertiary/aromatic N) is 4. The van der Waals surface area contributed by atoms with Crippen LogP contribution >= 0.6 is 12.4 Å². The molecular weight excluding hydrogens is 552 g/mol. The van der Waals surface area contributed by atoms with Gasteiger partial charge in [-0.2, -0.15) is 0 Å². The largest absolute Gasteiger partial charge is 0.468 e. The minimum absolute atomic E-state index is 0. The van der Waals surface area contributed by atoms with E-state index in [0.717, 1.165) is 21.2 Å². The molecule has 3 aromatic carbocycles. The molecule has 5 rings (SSSR count). The summed E-state index contributed by atoms with van der Waals surface area (Å²) in [6.07, 6.45) is 2.05. The van der Waals surface area contributed by atoms with E-state index in [0.29, 0.717) is 28.4 Å². The molecule has 0 fully saturated rings. The van der Waals surface area contributed by atoms with Gasteiger partial charge in [0.2, 0.25) is 0 Å². The van der Waals surface area contributed by atoms with E-state index in [1.54, 1.807) is 54.6 Å². The molecule has 0 spiro atoms. The van der Waals surface area contributed by atoms with Crippen molar-refractivity contribution in [3.63, 3.8) is 0 Å². The van der Waals surface area contributed by atoms with Crippen molar-refractivity contribution < 1.29 is 17.9 Å². The van der Waals surface area contributed by atoms with Gasteiger partial charge < -0.3 is 15.0 Å². The highest BCUT2D eigenvalue weighted by molar-refractivity contribution is 7.93. The predicted octanol–water partition coefficient (Wildman–Crippen LogP) is 3.79. The number of para-hydroxylation sites is 1. The van der Waals surface area contributed by atoms with Crippen LogP contribution in [0.25, 0.3) is 21.9 Å². The molecule has 0 unspecified atom stereocenters. The number of anilines is 1. The topological polar surface area (TPSA) is 144 Å². The maximum Gasteiger partial charge on any atom is 0.326 e. The summed E-state index contributed by atoms with van der Waals surface area (Å²) < 4.78 is 35.7. The van der Waals surface area contributed by atoms with E-state index >= 15 is 0 Å². The summed E-state index contributed by atoms with van der Waals surface area (Å²) in [4.78, 5) is 21.4. The zero-order valence-electron chi connectivity index (χ0n) is 21.7. The third kappa shape index (κ3) is 5.33. The molecule has 0 saturated heterocycles. The first-order valence-electron chi connectivity index (χ1n) is 12.0. The van der Waals surface area contributed by atoms with E-state index in [2.05, 4.69) is 4.98 Å². The van der Waals surface area contributed by atoms with Gasteiger partial charge >= 0.3 is 5.97 Å². The number of pyridine rings is 1. The van der Waals surface area contributed by atoms with Crippen LogP contribution in [0.4, 0.5) is 5.69 Å². The van der Waals surface area contributed by atoms with Gasteiger partial charge in [0.25, 0.3) is 10.0 Å². The lowest BCUT2D eigenvalue weighted by atomic mass is 10.1. The van der Waals surface area contributed by atoms with Crippen molar-refractivity contribution in [3.05, 3.63) is 95.9 Å². The number of fused-ring (bicyclic) bond motifs is 2. The number of carbonyl (C=O) groups excluding carboxylic acids is 1. The SMILES string of the molecule is COC(=O)CN(c1ccc2c(c1)nc(Cc1ccc(C(=N)N)cc1)n2C)S(=O)(=O)c1cccc2cccnc12.Cl. The molecule has 0 atom stereocenters. The van der Waals surface area contributed by atoms with Crippen LogP contribution in [0.5, 0.6) is 0 Å². The number of ether oxygens (including phenoxy) is 1. The second-order valence-electron chi connectivity index (χ2n) is 8.97. The van der Waals surface area contributed by atoms with Gasteiger partial charge in [-0.3, -0.25) is 19.5 Å². The van der Waals surface area contributed by atoms with Crippen molar-refractivity contribution in [2.45, 2.75) is 11.3 Å². The van der Waals surface area contributed by atoms with Gasteiger partial charge in [0.15, 0.2) is 0 Å². The van der Waals surface area contributed by atoms with Crippen molar-refractivity contribution in [2.75, 3.05) is 18.0 Å². The molecule has 0 aliphatic rings. The molecule has 0 aliphatic heterocycles. The van der Waals surface area contributed by atoms with Crippen molar-refractivity contribution >= 4 is 61.9 Å². The fraction of sp³-hybridized carbons (Fsp3) is 0.143. The highest BCUT2D eigenvalue weighted by atomic mass is 35.5. The summed E-state index contributed by atoms with van der Waals surface area (Å²) in [6.45, 7) is -0.518. The summed E-state index contributed by atoms with van der Waals surface area (Å²) in [5, 5.41) is 8.23. The molecule has 0 bridgehead atoms. The van der Waals surface area contributed by atoms with Crippen molar-refractivity contribution in [1.29, 1.82) is 5.41 Å². The van der Waals surface area contributed by atoms with Gasteiger partial charge in [0.1, 0.15) is 23.1 Å². The number of aromatic nitrogens is 3. The fourth-order valence-corrected chi connectivity index (χ4v) is 6.01. The number of nitrogens with one attached hydrogen (secondary N) is 1. The average molecular weight is 579 g/mol. The number of benzene rings is 3. The Kier molecular flexibility index (Phi) is 8.08. The molecule has 5 aromatic rings. The van der Waals surface area contributed by atoms with Crippen LogP contribution in [0.1, 0.15) is 17.0 Å². The number of rotatable bonds is 8. The Morgan fingerprint density at radius 3 is 2.50 bits per heavy atom. The molecule has 0 saturated carbocycles. The van der Waals surface area contributed by atoms with Crippen LogP contribution in [0.2, 0.25) is 0 Å². The first-order valence-corrected chi connectivity index (χ1v) is 13.4. The quantitative estimate of drug-likeness (QED) is 0.162. The first kappa shape index (κ1) is 28.5. The lowest BCUT2D eigenvalue weighted by Crippen LogP contribution is -2.36. The number of imidazole rings is 1. The Labute approximate surface area is 237 Å². The lowest BCUT2D eigenvalue weighted by Gasteiger charge is -2.24. The summed E-state index contributed by atoms with van der Waals surface area (Å²) in [7, 11) is -1.11. The van der Waals surface area contributed by atoms with Crippen LogP contribution < -0.4 is 10.0 Å². The minimum atomic E-state index is -4.21. The van der Waals surface area contributed by atoms with Gasteiger partial charge in [0, 0.05) is 30.6 Å². The summed E-state index contributed by atoms with van der Waals surface area (Å²) in [6, 6.07) is 20.8. The molecule has 0 amide bonds. The average Bonchev–Trinajstić information content (AvgIpc) is 3.25. The number of esters is 1. The van der Waals surface area contributed by atoms with Gasteiger partial charge in [-0.1, -0.05) is 42.5 Å². The van der Waals surface area contributed by atoms with E-state index in [1.165, 1.54) is 19.4 Å². The van der Waals surface area contributed by atoms with Gasteiger partial charge in [-0.05, 0) is 35.9 Å². The number of carbonyl (C=O) groups is 1. The van der Waals surface area contributed by atoms with Gasteiger partial charge in [0.05, 0.1) is 29.3 Å². The maximum atomic E-state index is 14.0. The second kappa shape index (κ2) is 11.3. The fourth-order valence-electron chi connectivity index (χ4n) is 4.44. The number of methoxy groups -OCH3 is 1. The van der Waals surface area contributed by atoms with E-state index in [4.69, 9.17) is 20.9 Å². The van der Waals surface area contributed by atoms with E-state index < -0.39 is 22.5 Å². The number of halogens is 1. The first-order chi connectivity index (χ1) is 18.7. The molecule has 2 heterocycles. The van der Waals surface area contributed by atoms with E-state index in [1.807, 2.05) is 23.7 Å². The smallest absolute Gasteiger partial charge is 0.326 e. The Bertz CT molecular complexity index is 1830. The number of sulfonamides is 1. The third-order valence-corrected chi connectivity index (χ3v) is 8.34. The molecule has 0 aliphatic carbocycles. The van der Waals surface area contributed by atoms with Gasteiger partial charge in [-0.25, -0.2) is 13.4 Å². The monoisotopic (exact) mass is 578 g/mol. The molecule has 3 N–H and O–H groups in total. The second-order valence-corrected chi connectivity index (χ2v) is 10.8. The van der Waals surface area contributed by atoms with Crippen molar-refractivity contribution in [1.82, 2.24) is 14.5 Å². The van der Waals surface area contributed by atoms with E-state index in [-0.39, 0.29) is 28.8 Å². The maximum absolute atomic E-state index is 14.0. The zero-order chi connectivity index (χ0) is 27.7. The van der Waals surface area contributed by atoms with Crippen molar-refractivity contribution in [3.8, 4) is 0 Å². The number of nitrogens with two attached hydrogens (primary N) is 1. The summed E-state index contributed by atoms with van der Waals surface area (Å²) in [5.74, 6) is 0.0588. The Hall–Kier alpha value is -4.48. The van der Waals surface area contributed by atoms with Crippen molar-refractivity contribution in [2.24, 2.45) is 12.8 Å². The zero-order valence-corrected chi connectivity index (χ0v) is 23.4. The number of amidine groups is 1. The molecule has 2 aromatic heterocycles. The Balaban J connectivity index is 0.00000370. The summed E-state index contributed by atoms with van der Waals surface area (Å²) in [5.41, 5.74) is 9.14. The third-order valence-electron chi connectivity index (χ3n) is 6.54. The van der Waals surface area contributed by atoms with Crippen LogP contribution in [0.15, 0.2) is 83.9 Å². The molecular formula is C28H27ClN6O4S. The summed E-state index contributed by atoms with van der Waals surface area (Å²) >= 11 is 0. The molecule has 40 heavy (non-hydrogen) atoms. The number of hydrogen-bond acceptors (Lipinski definition) is 7. The number of hydrogen-bond donors (Lipinski definition) is 2. The number of aryl methyl sites for hydroxylation is 1. The molecule has 206 valence electrons. The minimum Gasteiger partial charge on any atom is -0.468 e. The highest BCUT2D eigenvalue weighted by Gasteiger charge is 2.30. The van der Waals surface area contributed by atoms with Crippen LogP contribution in [-0.2, 0) is 33.0 Å². The lowest BCUT2D eigenvalue weighted by molar-refractivity contribution is -0.138. The number of nitrogen functional groups attached to an aromatic ring is 1.